The molecular weight excluding hydrogens is 272 g/mol. The van der Waals surface area contributed by atoms with Crippen molar-refractivity contribution in [2.24, 2.45) is 34.5 Å². The van der Waals surface area contributed by atoms with Crippen LogP contribution in [0.25, 0.3) is 0 Å². The summed E-state index contributed by atoms with van der Waals surface area (Å²) in [4.78, 5) is 0. The first-order valence-electron chi connectivity index (χ1n) is 9.42. The lowest BCUT2D eigenvalue weighted by atomic mass is 9.48. The smallest absolute Gasteiger partial charge is 0.0622 e. The van der Waals surface area contributed by atoms with Crippen molar-refractivity contribution in [2.45, 2.75) is 77.9 Å². The number of allylic oxidation sites excluding steroid dienone is 1. The van der Waals surface area contributed by atoms with E-state index in [0.717, 1.165) is 31.1 Å². The van der Waals surface area contributed by atoms with Crippen molar-refractivity contribution in [2.75, 3.05) is 0 Å². The van der Waals surface area contributed by atoms with Crippen LogP contribution >= 0.6 is 0 Å². The minimum absolute atomic E-state index is 0.107. The molecule has 3 fully saturated rings. The van der Waals surface area contributed by atoms with Gasteiger partial charge in [-0.1, -0.05) is 32.4 Å². The molecule has 0 bridgehead atoms. The Balaban J connectivity index is 1.68. The molecule has 0 radical (unpaired) electrons. The van der Waals surface area contributed by atoms with Crippen molar-refractivity contribution in [3.05, 3.63) is 11.6 Å². The molecule has 0 aromatic rings. The molecule has 2 N–H and O–H groups in total. The van der Waals surface area contributed by atoms with Crippen LogP contribution in [0.2, 0.25) is 0 Å². The van der Waals surface area contributed by atoms with Crippen molar-refractivity contribution in [3.63, 3.8) is 0 Å². The van der Waals surface area contributed by atoms with Gasteiger partial charge >= 0.3 is 0 Å². The maximum atomic E-state index is 10.7. The molecule has 0 aromatic carbocycles. The Morgan fingerprint density at radius 3 is 2.64 bits per heavy atom. The molecule has 124 valence electrons. The molecule has 0 aliphatic heterocycles. The summed E-state index contributed by atoms with van der Waals surface area (Å²) < 4.78 is 0. The van der Waals surface area contributed by atoms with Gasteiger partial charge in [0.25, 0.3) is 0 Å². The van der Waals surface area contributed by atoms with Gasteiger partial charge in [-0.3, -0.25) is 0 Å². The maximum absolute atomic E-state index is 10.7. The minimum Gasteiger partial charge on any atom is -0.393 e. The van der Waals surface area contributed by atoms with Gasteiger partial charge in [-0.15, -0.1) is 0 Å². The second-order valence-corrected chi connectivity index (χ2v) is 9.36. The average molecular weight is 304 g/mol. The molecule has 4 aliphatic rings. The fourth-order valence-electron chi connectivity index (χ4n) is 6.98. The molecule has 0 aromatic heterocycles. The van der Waals surface area contributed by atoms with Crippen LogP contribution < -0.4 is 0 Å². The highest BCUT2D eigenvalue weighted by molar-refractivity contribution is 5.25. The highest BCUT2D eigenvalue weighted by Crippen LogP contribution is 2.65. The lowest BCUT2D eigenvalue weighted by Crippen LogP contribution is -2.51. The summed E-state index contributed by atoms with van der Waals surface area (Å²) in [6, 6.07) is 0. The van der Waals surface area contributed by atoms with Crippen molar-refractivity contribution >= 4 is 0 Å². The largest absolute Gasteiger partial charge is 0.393 e. The lowest BCUT2D eigenvalue weighted by Gasteiger charge is -2.57. The highest BCUT2D eigenvalue weighted by Gasteiger charge is 2.59. The first kappa shape index (κ1) is 15.2. The Labute approximate surface area is 135 Å². The van der Waals surface area contributed by atoms with Crippen LogP contribution in [0.15, 0.2) is 11.6 Å². The standard InChI is InChI=1S/C20H32O2/c1-12-10-17-15-5-4-13-11-14(21)6-8-19(13,2)16(15)7-9-20(17,3)18(12)22/h4,12,14-18,21-22H,5-11H2,1-3H3/t12-,14?,15?,16?,17?,18?,19?,20?/m1/s1. The van der Waals surface area contributed by atoms with Crippen molar-refractivity contribution in [3.8, 4) is 0 Å². The molecular formula is C20H32O2. The maximum Gasteiger partial charge on any atom is 0.0622 e. The van der Waals surface area contributed by atoms with Gasteiger partial charge in [0.2, 0.25) is 0 Å². The summed E-state index contributed by atoms with van der Waals surface area (Å²) in [5.74, 6) is 2.68. The third-order valence-corrected chi connectivity index (χ3v) is 8.36. The third-order valence-electron chi connectivity index (χ3n) is 8.36. The monoisotopic (exact) mass is 304 g/mol. The summed E-state index contributed by atoms with van der Waals surface area (Å²) in [5.41, 5.74) is 2.01. The zero-order chi connectivity index (χ0) is 15.7. The number of rotatable bonds is 0. The third kappa shape index (κ3) is 1.86. The summed E-state index contributed by atoms with van der Waals surface area (Å²) in [5, 5.41) is 20.8. The summed E-state index contributed by atoms with van der Waals surface area (Å²) in [6.07, 6.45) is 10.1. The topological polar surface area (TPSA) is 40.5 Å². The van der Waals surface area contributed by atoms with Crippen LogP contribution in [0.4, 0.5) is 0 Å². The van der Waals surface area contributed by atoms with Crippen LogP contribution in [-0.4, -0.2) is 22.4 Å². The van der Waals surface area contributed by atoms with Gasteiger partial charge in [0, 0.05) is 0 Å². The van der Waals surface area contributed by atoms with Crippen LogP contribution in [0, 0.1) is 34.5 Å². The molecule has 0 spiro atoms. The normalized spacial score (nSPS) is 57.6. The zero-order valence-electron chi connectivity index (χ0n) is 14.4. The average Bonchev–Trinajstić information content (AvgIpc) is 2.72. The summed E-state index contributed by atoms with van der Waals surface area (Å²) in [6.45, 7) is 7.07. The van der Waals surface area contributed by atoms with E-state index in [2.05, 4.69) is 26.8 Å². The molecule has 0 heterocycles. The molecule has 2 heteroatoms. The van der Waals surface area contributed by atoms with Crippen LogP contribution in [-0.2, 0) is 0 Å². The van der Waals surface area contributed by atoms with Gasteiger partial charge in [-0.25, -0.2) is 0 Å². The predicted molar refractivity (Wildman–Crippen MR) is 88.3 cm³/mol. The number of aliphatic hydroxyl groups is 2. The quantitative estimate of drug-likeness (QED) is 0.666. The first-order valence-corrected chi connectivity index (χ1v) is 9.42. The molecule has 22 heavy (non-hydrogen) atoms. The van der Waals surface area contributed by atoms with Gasteiger partial charge in [0.1, 0.15) is 0 Å². The van der Waals surface area contributed by atoms with Gasteiger partial charge in [-0.05, 0) is 79.4 Å². The molecule has 8 atom stereocenters. The fraction of sp³-hybridized carbons (Fsp3) is 0.900. The predicted octanol–water partition coefficient (Wildman–Crippen LogP) is 3.92. The highest BCUT2D eigenvalue weighted by atomic mass is 16.3. The van der Waals surface area contributed by atoms with E-state index in [0.29, 0.717) is 17.3 Å². The van der Waals surface area contributed by atoms with Crippen LogP contribution in [0.3, 0.4) is 0 Å². The molecule has 0 amide bonds. The SMILES string of the molecule is C[C@@H]1CC2C3CC=C4CC(O)CCC4(C)C3CCC2(C)C1O. The Kier molecular flexibility index (Phi) is 3.34. The number of fused-ring (bicyclic) bond motifs is 5. The summed E-state index contributed by atoms with van der Waals surface area (Å²) >= 11 is 0. The molecule has 7 unspecified atom stereocenters. The van der Waals surface area contributed by atoms with Gasteiger partial charge in [-0.2, -0.15) is 0 Å². The molecule has 2 nitrogen and oxygen atoms in total. The van der Waals surface area contributed by atoms with Crippen molar-refractivity contribution in [1.29, 1.82) is 0 Å². The number of aliphatic hydroxyl groups excluding tert-OH is 2. The van der Waals surface area contributed by atoms with E-state index in [9.17, 15) is 10.2 Å². The number of hydrogen-bond acceptors (Lipinski definition) is 2. The van der Waals surface area contributed by atoms with Crippen LogP contribution in [0.5, 0.6) is 0 Å². The van der Waals surface area contributed by atoms with E-state index in [1.807, 2.05) is 0 Å². The van der Waals surface area contributed by atoms with Gasteiger partial charge < -0.3 is 10.2 Å². The first-order chi connectivity index (χ1) is 10.4. The van der Waals surface area contributed by atoms with Crippen molar-refractivity contribution in [1.82, 2.24) is 0 Å². The Morgan fingerprint density at radius 1 is 1.09 bits per heavy atom. The van der Waals surface area contributed by atoms with Crippen LogP contribution in [0.1, 0.15) is 65.7 Å². The zero-order valence-corrected chi connectivity index (χ0v) is 14.4. The van der Waals surface area contributed by atoms with E-state index in [-0.39, 0.29) is 17.6 Å². The van der Waals surface area contributed by atoms with E-state index in [1.165, 1.54) is 25.7 Å². The number of hydrogen-bond donors (Lipinski definition) is 2. The van der Waals surface area contributed by atoms with Gasteiger partial charge in [0.05, 0.1) is 12.2 Å². The molecule has 3 saturated carbocycles. The Morgan fingerprint density at radius 2 is 1.86 bits per heavy atom. The van der Waals surface area contributed by atoms with E-state index >= 15 is 0 Å². The second kappa shape index (κ2) is 4.83. The Hall–Kier alpha value is -0.340. The molecule has 4 rings (SSSR count). The molecule has 0 saturated heterocycles. The van der Waals surface area contributed by atoms with Gasteiger partial charge in [0.15, 0.2) is 0 Å². The lowest BCUT2D eigenvalue weighted by molar-refractivity contribution is -0.0744. The molecule has 4 aliphatic carbocycles. The summed E-state index contributed by atoms with van der Waals surface area (Å²) in [7, 11) is 0. The minimum atomic E-state index is -0.113. The Bertz CT molecular complexity index is 498. The van der Waals surface area contributed by atoms with E-state index in [1.54, 1.807) is 5.57 Å². The fourth-order valence-corrected chi connectivity index (χ4v) is 6.98. The second-order valence-electron chi connectivity index (χ2n) is 9.36. The van der Waals surface area contributed by atoms with Crippen molar-refractivity contribution < 1.29 is 10.2 Å². The van der Waals surface area contributed by atoms with E-state index < -0.39 is 0 Å². The van der Waals surface area contributed by atoms with E-state index in [4.69, 9.17) is 0 Å².